The molecule has 0 unspecified atom stereocenters. The quantitative estimate of drug-likeness (QED) is 0.628. The maximum atomic E-state index is 11.4. The molecular weight excluding hydrogens is 296 g/mol. The van der Waals surface area contributed by atoms with Crippen LogP contribution in [-0.2, 0) is 0 Å². The monoisotopic (exact) mass is 312 g/mol. The smallest absolute Gasteiger partial charge is 0.254 e. The summed E-state index contributed by atoms with van der Waals surface area (Å²) in [6.45, 7) is 0. The van der Waals surface area contributed by atoms with Crippen molar-refractivity contribution in [1.82, 2.24) is 9.97 Å². The second-order valence-electron chi connectivity index (χ2n) is 5.31. The number of hydrogen-bond donors (Lipinski definition) is 4. The van der Waals surface area contributed by atoms with Gasteiger partial charge in [0.15, 0.2) is 0 Å². The Hall–Kier alpha value is -3.16. The first-order valence-electron chi connectivity index (χ1n) is 7.13. The summed E-state index contributed by atoms with van der Waals surface area (Å²) in [5, 5.41) is 6.13. The van der Waals surface area contributed by atoms with Gasteiger partial charge in [-0.2, -0.15) is 4.98 Å². The van der Waals surface area contributed by atoms with E-state index in [2.05, 4.69) is 20.6 Å². The number of carbonyl (C=O) groups is 2. The second kappa shape index (κ2) is 5.91. The van der Waals surface area contributed by atoms with Crippen molar-refractivity contribution in [3.05, 3.63) is 41.6 Å². The minimum absolute atomic E-state index is 0.244. The van der Waals surface area contributed by atoms with Crippen molar-refractivity contribution in [2.45, 2.75) is 18.9 Å². The molecule has 1 heterocycles. The fraction of sp³-hybridized carbons (Fsp3) is 0.200. The van der Waals surface area contributed by atoms with Gasteiger partial charge in [-0.25, -0.2) is 4.98 Å². The molecule has 1 fully saturated rings. The number of carbonyl (C=O) groups excluding carboxylic acids is 2. The zero-order chi connectivity index (χ0) is 16.4. The summed E-state index contributed by atoms with van der Waals surface area (Å²) < 4.78 is 0. The molecule has 0 atom stereocenters. The van der Waals surface area contributed by atoms with E-state index in [9.17, 15) is 9.59 Å². The highest BCUT2D eigenvalue weighted by molar-refractivity contribution is 5.97. The van der Waals surface area contributed by atoms with Gasteiger partial charge in [-0.05, 0) is 31.0 Å². The first kappa shape index (κ1) is 14.8. The molecule has 1 aromatic heterocycles. The molecule has 1 aliphatic rings. The van der Waals surface area contributed by atoms with E-state index >= 15 is 0 Å². The molecule has 23 heavy (non-hydrogen) atoms. The Morgan fingerprint density at radius 3 is 2.61 bits per heavy atom. The van der Waals surface area contributed by atoms with Crippen LogP contribution in [0.3, 0.4) is 0 Å². The summed E-state index contributed by atoms with van der Waals surface area (Å²) in [7, 11) is 0. The van der Waals surface area contributed by atoms with Crippen LogP contribution in [0, 0.1) is 0 Å². The molecule has 1 aliphatic carbocycles. The van der Waals surface area contributed by atoms with Crippen LogP contribution in [0.15, 0.2) is 30.5 Å². The highest BCUT2D eigenvalue weighted by Gasteiger charge is 2.24. The normalized spacial score (nSPS) is 13.4. The van der Waals surface area contributed by atoms with Crippen LogP contribution in [0.2, 0.25) is 0 Å². The molecule has 6 N–H and O–H groups in total. The number of nitrogens with zero attached hydrogens (tertiary/aromatic N) is 2. The van der Waals surface area contributed by atoms with Gasteiger partial charge >= 0.3 is 0 Å². The molecule has 0 spiro atoms. The molecule has 2 amide bonds. The van der Waals surface area contributed by atoms with Crippen LogP contribution in [0.4, 0.5) is 17.5 Å². The molecule has 8 heteroatoms. The second-order valence-corrected chi connectivity index (χ2v) is 5.31. The Balaban J connectivity index is 1.86. The Morgan fingerprint density at radius 2 is 1.96 bits per heavy atom. The van der Waals surface area contributed by atoms with Gasteiger partial charge in [0.05, 0.1) is 5.56 Å². The van der Waals surface area contributed by atoms with Crippen LogP contribution in [0.5, 0.6) is 0 Å². The average molecular weight is 312 g/mol. The van der Waals surface area contributed by atoms with E-state index in [-0.39, 0.29) is 5.56 Å². The predicted molar refractivity (Wildman–Crippen MR) is 85.4 cm³/mol. The minimum Gasteiger partial charge on any atom is -0.367 e. The van der Waals surface area contributed by atoms with Gasteiger partial charge in [0, 0.05) is 23.5 Å². The van der Waals surface area contributed by atoms with Gasteiger partial charge in [0.2, 0.25) is 11.9 Å². The van der Waals surface area contributed by atoms with E-state index in [0.29, 0.717) is 29.1 Å². The number of nitrogens with two attached hydrogens (primary N) is 2. The van der Waals surface area contributed by atoms with Gasteiger partial charge in [-0.15, -0.1) is 0 Å². The van der Waals surface area contributed by atoms with Crippen LogP contribution in [0.25, 0.3) is 0 Å². The fourth-order valence-corrected chi connectivity index (χ4v) is 2.03. The number of anilines is 3. The molecular formula is C15H16N6O2. The molecule has 118 valence electrons. The summed E-state index contributed by atoms with van der Waals surface area (Å²) in [4.78, 5) is 31.0. The fourth-order valence-electron chi connectivity index (χ4n) is 2.03. The Kier molecular flexibility index (Phi) is 3.80. The molecule has 2 aromatic rings. The van der Waals surface area contributed by atoms with Gasteiger partial charge in [0.1, 0.15) is 5.82 Å². The predicted octanol–water partition coefficient (Wildman–Crippen LogP) is 0.992. The lowest BCUT2D eigenvalue weighted by Gasteiger charge is -2.11. The lowest BCUT2D eigenvalue weighted by molar-refractivity contribution is 0.0992. The molecule has 8 nitrogen and oxygen atoms in total. The van der Waals surface area contributed by atoms with Crippen molar-refractivity contribution in [2.75, 3.05) is 10.6 Å². The third kappa shape index (κ3) is 3.54. The Morgan fingerprint density at radius 1 is 1.17 bits per heavy atom. The third-order valence-corrected chi connectivity index (χ3v) is 3.38. The third-order valence-electron chi connectivity index (χ3n) is 3.38. The van der Waals surface area contributed by atoms with Crippen molar-refractivity contribution in [1.29, 1.82) is 0 Å². The number of rotatable bonds is 6. The topological polar surface area (TPSA) is 136 Å². The lowest BCUT2D eigenvalue weighted by atomic mass is 10.2. The standard InChI is InChI=1S/C15H16N6O2/c16-12(22)8-2-1-3-10(6-8)20-15-18-7-11(13(17)23)14(21-15)19-9-4-5-9/h1-3,6-7,9H,4-5H2,(H2,16,22)(H2,17,23)(H2,18,19,20,21). The maximum absolute atomic E-state index is 11.4. The molecule has 1 saturated carbocycles. The van der Waals surface area contributed by atoms with Crippen molar-refractivity contribution >= 4 is 29.3 Å². The molecule has 0 bridgehead atoms. The van der Waals surface area contributed by atoms with Gasteiger partial charge < -0.3 is 22.1 Å². The highest BCUT2D eigenvalue weighted by Crippen LogP contribution is 2.26. The van der Waals surface area contributed by atoms with E-state index in [1.165, 1.54) is 6.20 Å². The van der Waals surface area contributed by atoms with E-state index in [4.69, 9.17) is 11.5 Å². The molecule has 0 aliphatic heterocycles. The van der Waals surface area contributed by atoms with Crippen molar-refractivity contribution < 1.29 is 9.59 Å². The first-order valence-corrected chi connectivity index (χ1v) is 7.13. The lowest BCUT2D eigenvalue weighted by Crippen LogP contribution is -2.17. The Labute approximate surface area is 132 Å². The van der Waals surface area contributed by atoms with Crippen LogP contribution >= 0.6 is 0 Å². The average Bonchev–Trinajstić information content (AvgIpc) is 3.31. The van der Waals surface area contributed by atoms with E-state index < -0.39 is 11.8 Å². The van der Waals surface area contributed by atoms with Crippen molar-refractivity contribution in [3.8, 4) is 0 Å². The zero-order valence-electron chi connectivity index (χ0n) is 12.2. The van der Waals surface area contributed by atoms with E-state index in [1.807, 2.05) is 0 Å². The van der Waals surface area contributed by atoms with Crippen LogP contribution < -0.4 is 22.1 Å². The Bertz CT molecular complexity index is 772. The summed E-state index contributed by atoms with van der Waals surface area (Å²) in [5.74, 6) is -0.409. The number of amides is 2. The first-order chi connectivity index (χ1) is 11.0. The number of benzene rings is 1. The van der Waals surface area contributed by atoms with E-state index in [1.54, 1.807) is 24.3 Å². The highest BCUT2D eigenvalue weighted by atomic mass is 16.1. The summed E-state index contributed by atoms with van der Waals surface area (Å²) in [6.07, 6.45) is 3.44. The maximum Gasteiger partial charge on any atom is 0.254 e. The molecule has 0 saturated heterocycles. The number of aromatic nitrogens is 2. The van der Waals surface area contributed by atoms with Gasteiger partial charge in [-0.3, -0.25) is 9.59 Å². The SMILES string of the molecule is NC(=O)c1cccc(Nc2ncc(C(N)=O)c(NC3CC3)n2)c1. The summed E-state index contributed by atoms with van der Waals surface area (Å²) in [6, 6.07) is 6.98. The van der Waals surface area contributed by atoms with Crippen molar-refractivity contribution in [2.24, 2.45) is 11.5 Å². The van der Waals surface area contributed by atoms with Gasteiger partial charge in [-0.1, -0.05) is 6.07 Å². The molecule has 3 rings (SSSR count). The van der Waals surface area contributed by atoms with E-state index in [0.717, 1.165) is 12.8 Å². The van der Waals surface area contributed by atoms with Crippen molar-refractivity contribution in [3.63, 3.8) is 0 Å². The number of nitrogens with one attached hydrogen (secondary N) is 2. The molecule has 0 radical (unpaired) electrons. The van der Waals surface area contributed by atoms with Gasteiger partial charge in [0.25, 0.3) is 5.91 Å². The van der Waals surface area contributed by atoms with Crippen LogP contribution in [0.1, 0.15) is 33.6 Å². The number of primary amides is 2. The largest absolute Gasteiger partial charge is 0.367 e. The minimum atomic E-state index is -0.588. The molecule has 1 aromatic carbocycles. The number of hydrogen-bond acceptors (Lipinski definition) is 6. The summed E-state index contributed by atoms with van der Waals surface area (Å²) in [5.41, 5.74) is 11.8. The van der Waals surface area contributed by atoms with Crippen LogP contribution in [-0.4, -0.2) is 27.8 Å². The summed E-state index contributed by atoms with van der Waals surface area (Å²) >= 11 is 0. The zero-order valence-corrected chi connectivity index (χ0v) is 12.2.